The zero-order valence-corrected chi connectivity index (χ0v) is 60.9. The van der Waals surface area contributed by atoms with E-state index in [4.69, 9.17) is 6.57 Å². The topological polar surface area (TPSA) is 28.1 Å². The van der Waals surface area contributed by atoms with Crippen LogP contribution < -0.4 is 0 Å². The largest absolute Gasteiger partial charge is 0.238 e. The van der Waals surface area contributed by atoms with Crippen molar-refractivity contribution in [1.29, 1.82) is 5.26 Å². The van der Waals surface area contributed by atoms with Gasteiger partial charge in [0.1, 0.15) is 0 Å². The molecule has 0 radical (unpaired) electrons. The lowest BCUT2D eigenvalue weighted by atomic mass is 9.69. The third-order valence-electron chi connectivity index (χ3n) is 25.5. The Hall–Kier alpha value is -9.86. The van der Waals surface area contributed by atoms with Crippen molar-refractivity contribution < 1.29 is 0 Å². The maximum absolute atomic E-state index is 9.81. The van der Waals surface area contributed by atoms with E-state index in [9.17, 15) is 5.26 Å². The van der Waals surface area contributed by atoms with Crippen LogP contribution in [0.4, 0.5) is 5.69 Å². The van der Waals surface area contributed by atoms with E-state index in [0.29, 0.717) is 11.3 Å². The van der Waals surface area contributed by atoms with Crippen LogP contribution in [0.2, 0.25) is 0 Å². The van der Waals surface area contributed by atoms with Crippen molar-refractivity contribution in [2.75, 3.05) is 0 Å². The molecule has 498 valence electrons. The van der Waals surface area contributed by atoms with Crippen LogP contribution in [-0.2, 0) is 27.1 Å². The summed E-state index contributed by atoms with van der Waals surface area (Å²) < 4.78 is 0. The molecule has 5 aliphatic carbocycles. The summed E-state index contributed by atoms with van der Waals surface area (Å²) in [6.07, 6.45) is 17.7. The molecule has 0 aliphatic heterocycles. The molecule has 2 nitrogen and oxygen atoms in total. The SMILES string of the molecule is [C-]#[N+]c1ccc2c(c1)C(C)(C)c1cc(-c3ccc(-c4cc5c(c6ccccc46)-c4cc6c(cc4C5(C)C)-c4cc5c(cc4C6(CCCCCCCC)CCCCCCCC)-c4c(cc(-c6ccc(-c7ccc8c(c7)C(C)(C)c7cc(C#N)ccc7-8)cc6)c6ccccc46)C5(C)C)cc3)ccc1-2. The van der Waals surface area contributed by atoms with E-state index in [1.807, 2.05) is 12.1 Å². The highest BCUT2D eigenvalue weighted by Gasteiger charge is 2.49. The van der Waals surface area contributed by atoms with E-state index in [-0.39, 0.29) is 27.1 Å². The van der Waals surface area contributed by atoms with E-state index < -0.39 is 0 Å². The van der Waals surface area contributed by atoms with Crippen molar-refractivity contribution >= 4 is 27.2 Å². The van der Waals surface area contributed by atoms with Gasteiger partial charge in [-0.05, 0) is 251 Å². The molecule has 0 bridgehead atoms. The van der Waals surface area contributed by atoms with Crippen LogP contribution in [0, 0.1) is 17.9 Å². The molecule has 101 heavy (non-hydrogen) atoms. The quantitative estimate of drug-likeness (QED) is 0.0622. The number of rotatable bonds is 18. The number of benzene rings is 12. The molecule has 0 saturated carbocycles. The Morgan fingerprint density at radius 1 is 0.297 bits per heavy atom. The fourth-order valence-corrected chi connectivity index (χ4v) is 19.8. The molecular weight excluding hydrogens is 1220 g/mol. The normalized spacial score (nSPS) is 15.6. The van der Waals surface area contributed by atoms with E-state index in [1.165, 1.54) is 243 Å². The zero-order chi connectivity index (χ0) is 69.5. The molecule has 17 rings (SSSR count). The molecule has 0 unspecified atom stereocenters. The van der Waals surface area contributed by atoms with Crippen LogP contribution in [0.5, 0.6) is 0 Å². The molecule has 0 aromatic heterocycles. The average Bonchev–Trinajstić information content (AvgIpc) is 1.51. The van der Waals surface area contributed by atoms with Gasteiger partial charge in [0, 0.05) is 27.1 Å². The van der Waals surface area contributed by atoms with Crippen LogP contribution in [0.3, 0.4) is 0 Å². The second-order valence-corrected chi connectivity index (χ2v) is 32.7. The molecule has 0 heterocycles. The summed E-state index contributed by atoms with van der Waals surface area (Å²) in [6, 6.07) is 82.3. The third-order valence-corrected chi connectivity index (χ3v) is 25.5. The van der Waals surface area contributed by atoms with Crippen LogP contribution in [0.1, 0.15) is 220 Å². The molecular formula is C99H92N2. The van der Waals surface area contributed by atoms with Gasteiger partial charge in [-0.2, -0.15) is 5.26 Å². The Bertz CT molecular complexity index is 5170. The lowest BCUT2D eigenvalue weighted by Gasteiger charge is -2.34. The van der Waals surface area contributed by atoms with Crippen LogP contribution in [0.25, 0.3) is 127 Å². The number of nitrogens with zero attached hydrogens (tertiary/aromatic N) is 2. The van der Waals surface area contributed by atoms with Crippen LogP contribution >= 0.6 is 0 Å². The summed E-state index contributed by atoms with van der Waals surface area (Å²) in [5.41, 5.74) is 37.9. The lowest BCUT2D eigenvalue weighted by Crippen LogP contribution is -2.26. The number of hydrogen-bond donors (Lipinski definition) is 0. The van der Waals surface area contributed by atoms with Gasteiger partial charge in [0.25, 0.3) is 0 Å². The van der Waals surface area contributed by atoms with Gasteiger partial charge in [0.05, 0.1) is 18.2 Å². The molecule has 5 aliphatic rings. The van der Waals surface area contributed by atoms with E-state index in [1.54, 1.807) is 11.1 Å². The average molecular weight is 1310 g/mol. The summed E-state index contributed by atoms with van der Waals surface area (Å²) in [6.45, 7) is 31.7. The van der Waals surface area contributed by atoms with Crippen LogP contribution in [0.15, 0.2) is 206 Å². The predicted octanol–water partition coefficient (Wildman–Crippen LogP) is 28.1. The van der Waals surface area contributed by atoms with Gasteiger partial charge >= 0.3 is 0 Å². The molecule has 0 amide bonds. The Morgan fingerprint density at radius 3 is 1.07 bits per heavy atom. The highest BCUT2D eigenvalue weighted by molar-refractivity contribution is 6.12. The lowest BCUT2D eigenvalue weighted by molar-refractivity contribution is 0.398. The van der Waals surface area contributed by atoms with Crippen molar-refractivity contribution in [3.05, 3.63) is 279 Å². The molecule has 0 fully saturated rings. The van der Waals surface area contributed by atoms with Gasteiger partial charge in [-0.1, -0.05) is 292 Å². The minimum atomic E-state index is -0.264. The first-order valence-corrected chi connectivity index (χ1v) is 38.0. The smallest absolute Gasteiger partial charge is 0.187 e. The minimum Gasteiger partial charge on any atom is -0.238 e. The summed E-state index contributed by atoms with van der Waals surface area (Å²) >= 11 is 0. The third kappa shape index (κ3) is 9.89. The summed E-state index contributed by atoms with van der Waals surface area (Å²) in [5.74, 6) is 0. The Morgan fingerprint density at radius 2 is 0.634 bits per heavy atom. The summed E-state index contributed by atoms with van der Waals surface area (Å²) in [7, 11) is 0. The van der Waals surface area contributed by atoms with Gasteiger partial charge in [0.2, 0.25) is 0 Å². The van der Waals surface area contributed by atoms with Crippen LogP contribution in [-0.4, -0.2) is 0 Å². The van der Waals surface area contributed by atoms with Crippen molar-refractivity contribution in [2.24, 2.45) is 0 Å². The van der Waals surface area contributed by atoms with E-state index >= 15 is 0 Å². The highest BCUT2D eigenvalue weighted by Crippen LogP contribution is 2.64. The fourth-order valence-electron chi connectivity index (χ4n) is 19.8. The second kappa shape index (κ2) is 24.2. The summed E-state index contributed by atoms with van der Waals surface area (Å²) in [4.78, 5) is 3.79. The molecule has 0 spiro atoms. The molecule has 12 aromatic carbocycles. The Kier molecular flexibility index (Phi) is 15.4. The minimum absolute atomic E-state index is 0.140. The standard InChI is InChI=1S/C99H92N2/c1-12-14-16-18-20-26-48-99(49-27-21-19-17-15-13-2)89-58-81-87(97(7,8)91-54-77(69-28-22-24-30-75(69)93(81)91)64-37-33-62(34-38-64)66-41-45-72-71-44-32-61(60-100)50-83(71)95(3,4)84(72)51-66)56-79(89)80-57-88-82(59-90(80)99)94-76-31-25-23-29-70(76)78(55-92(94)98(88,9)10)65-39-35-63(36-40-65)67-42-46-73-74-47-43-68(101-11)53-86(74)96(5,6)85(73)52-67/h22-25,28-47,50-59H,12-21,26-27,48-49H2,1-10H3. The van der Waals surface area contributed by atoms with Gasteiger partial charge < -0.3 is 0 Å². The number of unbranched alkanes of at least 4 members (excludes halogenated alkanes) is 10. The first-order chi connectivity index (χ1) is 48.9. The molecule has 0 saturated heterocycles. The molecule has 0 N–H and O–H groups in total. The Labute approximate surface area is 600 Å². The second-order valence-electron chi connectivity index (χ2n) is 32.7. The highest BCUT2D eigenvalue weighted by atomic mass is 14.6. The first kappa shape index (κ1) is 64.5. The fraction of sp³-hybridized carbons (Fsp3) is 0.293. The van der Waals surface area contributed by atoms with E-state index in [2.05, 4.69) is 274 Å². The van der Waals surface area contributed by atoms with Gasteiger partial charge in [-0.3, -0.25) is 0 Å². The van der Waals surface area contributed by atoms with E-state index in [0.717, 1.165) is 12.8 Å². The number of fused-ring (bicyclic) bond motifs is 19. The van der Waals surface area contributed by atoms with Crippen molar-refractivity contribution in [1.82, 2.24) is 0 Å². The first-order valence-electron chi connectivity index (χ1n) is 38.0. The van der Waals surface area contributed by atoms with Gasteiger partial charge in [-0.25, -0.2) is 4.85 Å². The number of nitriles is 1. The maximum atomic E-state index is 9.81. The monoisotopic (exact) mass is 1310 g/mol. The number of hydrogen-bond acceptors (Lipinski definition) is 1. The molecule has 12 aromatic rings. The van der Waals surface area contributed by atoms with Crippen molar-refractivity contribution in [3.8, 4) is 106 Å². The van der Waals surface area contributed by atoms with Gasteiger partial charge in [0.15, 0.2) is 5.69 Å². The molecule has 0 atom stereocenters. The van der Waals surface area contributed by atoms with Crippen molar-refractivity contribution in [3.63, 3.8) is 0 Å². The van der Waals surface area contributed by atoms with Gasteiger partial charge in [-0.15, -0.1) is 0 Å². The zero-order valence-electron chi connectivity index (χ0n) is 60.9. The predicted molar refractivity (Wildman–Crippen MR) is 427 cm³/mol. The summed E-state index contributed by atoms with van der Waals surface area (Å²) in [5, 5.41) is 15.1. The molecule has 2 heteroatoms. The van der Waals surface area contributed by atoms with Crippen molar-refractivity contribution in [2.45, 2.75) is 186 Å². The maximum Gasteiger partial charge on any atom is 0.187 e. The Balaban J connectivity index is 0.768.